The molecule has 6 heteroatoms. The Balaban J connectivity index is 1.69. The number of ether oxygens (including phenoxy) is 2. The number of anilines is 1. The van der Waals surface area contributed by atoms with Crippen molar-refractivity contribution < 1.29 is 19.4 Å². The molecule has 2 aliphatic heterocycles. The van der Waals surface area contributed by atoms with Crippen LogP contribution in [0.25, 0.3) is 0 Å². The highest BCUT2D eigenvalue weighted by Crippen LogP contribution is 2.32. The first-order valence-corrected chi connectivity index (χ1v) is 8.49. The highest BCUT2D eigenvalue weighted by atomic mass is 16.5. The van der Waals surface area contributed by atoms with Gasteiger partial charge in [-0.2, -0.15) is 0 Å². The molecule has 2 saturated heterocycles. The molecule has 1 aromatic carbocycles. The number of nitrogens with zero attached hydrogens (tertiary/aromatic N) is 2. The van der Waals surface area contributed by atoms with Crippen LogP contribution in [0.1, 0.15) is 19.3 Å². The van der Waals surface area contributed by atoms with Crippen molar-refractivity contribution in [3.8, 4) is 5.75 Å². The first-order chi connectivity index (χ1) is 11.5. The smallest absolute Gasteiger partial charge is 0.244 e. The molecule has 2 fully saturated rings. The van der Waals surface area contributed by atoms with Crippen molar-refractivity contribution in [1.82, 2.24) is 4.90 Å². The molecule has 1 unspecified atom stereocenters. The summed E-state index contributed by atoms with van der Waals surface area (Å²) in [6.45, 7) is 2.31. The van der Waals surface area contributed by atoms with Gasteiger partial charge in [0.1, 0.15) is 5.75 Å². The molecule has 0 radical (unpaired) electrons. The van der Waals surface area contributed by atoms with E-state index in [1.165, 1.54) is 0 Å². The highest BCUT2D eigenvalue weighted by Gasteiger charge is 2.40. The number of likely N-dealkylation sites (N-methyl/N-ethyl adjacent to an activating group) is 1. The zero-order valence-corrected chi connectivity index (χ0v) is 14.4. The minimum Gasteiger partial charge on any atom is -0.495 e. The zero-order valence-electron chi connectivity index (χ0n) is 14.4. The van der Waals surface area contributed by atoms with Crippen LogP contribution in [0.15, 0.2) is 24.3 Å². The first kappa shape index (κ1) is 17.2. The minimum atomic E-state index is -0.759. The molecular weight excluding hydrogens is 308 g/mol. The SMILES string of the molecule is COc1ccccc1N1CCC(N(C)CC2(O)CCOCC2)C1=O. The number of carbonyl (C=O) groups excluding carboxylic acids is 1. The number of aliphatic hydroxyl groups is 1. The molecule has 2 aliphatic rings. The predicted molar refractivity (Wildman–Crippen MR) is 91.4 cm³/mol. The number of methoxy groups -OCH3 is 1. The third-order valence-corrected chi connectivity index (χ3v) is 5.05. The molecule has 1 atom stereocenters. The minimum absolute atomic E-state index is 0.0673. The van der Waals surface area contributed by atoms with E-state index in [0.717, 1.165) is 12.1 Å². The predicted octanol–water partition coefficient (Wildman–Crippen LogP) is 1.27. The summed E-state index contributed by atoms with van der Waals surface area (Å²) in [7, 11) is 3.53. The lowest BCUT2D eigenvalue weighted by Gasteiger charge is -2.37. The van der Waals surface area contributed by atoms with Crippen LogP contribution in [0, 0.1) is 0 Å². The normalized spacial score (nSPS) is 23.8. The van der Waals surface area contributed by atoms with Gasteiger partial charge in [-0.05, 0) is 25.6 Å². The standard InChI is InChI=1S/C18H26N2O4/c1-19(13-18(22)8-11-24-12-9-18)15-7-10-20(17(15)21)14-5-3-4-6-16(14)23-2/h3-6,15,22H,7-13H2,1-2H3. The van der Waals surface area contributed by atoms with E-state index in [9.17, 15) is 9.90 Å². The highest BCUT2D eigenvalue weighted by molar-refractivity contribution is 6.00. The van der Waals surface area contributed by atoms with Gasteiger partial charge in [-0.3, -0.25) is 9.69 Å². The van der Waals surface area contributed by atoms with Crippen molar-refractivity contribution in [2.45, 2.75) is 30.9 Å². The van der Waals surface area contributed by atoms with E-state index in [1.54, 1.807) is 12.0 Å². The maximum atomic E-state index is 12.9. The Kier molecular flexibility index (Phi) is 5.08. The Morgan fingerprint density at radius 3 is 2.79 bits per heavy atom. The summed E-state index contributed by atoms with van der Waals surface area (Å²) in [5.41, 5.74) is 0.0520. The molecule has 1 N–H and O–H groups in total. The summed E-state index contributed by atoms with van der Waals surface area (Å²) in [5, 5.41) is 10.7. The largest absolute Gasteiger partial charge is 0.495 e. The third kappa shape index (κ3) is 3.41. The summed E-state index contributed by atoms with van der Waals surface area (Å²) in [4.78, 5) is 16.7. The topological polar surface area (TPSA) is 62.2 Å². The van der Waals surface area contributed by atoms with E-state index in [0.29, 0.717) is 44.9 Å². The van der Waals surface area contributed by atoms with Gasteiger partial charge in [0.25, 0.3) is 0 Å². The van der Waals surface area contributed by atoms with E-state index in [4.69, 9.17) is 9.47 Å². The number of para-hydroxylation sites is 2. The van der Waals surface area contributed by atoms with Gasteiger partial charge in [-0.1, -0.05) is 12.1 Å². The monoisotopic (exact) mass is 334 g/mol. The molecule has 1 aromatic rings. The van der Waals surface area contributed by atoms with Crippen LogP contribution in [-0.4, -0.2) is 68.0 Å². The molecule has 6 nitrogen and oxygen atoms in total. The van der Waals surface area contributed by atoms with Crippen LogP contribution in [0.5, 0.6) is 5.75 Å². The fourth-order valence-corrected chi connectivity index (χ4v) is 3.65. The quantitative estimate of drug-likeness (QED) is 0.879. The second-order valence-electron chi connectivity index (χ2n) is 6.72. The van der Waals surface area contributed by atoms with Crippen molar-refractivity contribution in [1.29, 1.82) is 0 Å². The summed E-state index contributed by atoms with van der Waals surface area (Å²) in [6, 6.07) is 7.37. The van der Waals surface area contributed by atoms with Gasteiger partial charge >= 0.3 is 0 Å². The van der Waals surface area contributed by atoms with Gasteiger partial charge in [-0.15, -0.1) is 0 Å². The second-order valence-corrected chi connectivity index (χ2v) is 6.72. The van der Waals surface area contributed by atoms with Crippen LogP contribution >= 0.6 is 0 Å². The lowest BCUT2D eigenvalue weighted by Crippen LogP contribution is -2.50. The molecule has 1 amide bonds. The number of amides is 1. The number of hydrogen-bond donors (Lipinski definition) is 1. The van der Waals surface area contributed by atoms with Crippen molar-refractivity contribution in [2.24, 2.45) is 0 Å². The van der Waals surface area contributed by atoms with Gasteiger partial charge in [-0.25, -0.2) is 0 Å². The maximum absolute atomic E-state index is 12.9. The van der Waals surface area contributed by atoms with Gasteiger partial charge in [0, 0.05) is 39.1 Å². The van der Waals surface area contributed by atoms with E-state index >= 15 is 0 Å². The number of carbonyl (C=O) groups is 1. The number of hydrogen-bond acceptors (Lipinski definition) is 5. The Morgan fingerprint density at radius 1 is 1.38 bits per heavy atom. The van der Waals surface area contributed by atoms with Crippen LogP contribution in [0.4, 0.5) is 5.69 Å². The molecule has 24 heavy (non-hydrogen) atoms. The molecule has 0 saturated carbocycles. The molecule has 132 valence electrons. The van der Waals surface area contributed by atoms with Gasteiger partial charge in [0.15, 0.2) is 0 Å². The molecule has 0 bridgehead atoms. The van der Waals surface area contributed by atoms with Crippen LogP contribution in [-0.2, 0) is 9.53 Å². The van der Waals surface area contributed by atoms with Crippen molar-refractivity contribution in [2.75, 3.05) is 45.4 Å². The van der Waals surface area contributed by atoms with Crippen molar-refractivity contribution >= 4 is 11.6 Å². The second kappa shape index (κ2) is 7.09. The Morgan fingerprint density at radius 2 is 2.08 bits per heavy atom. The maximum Gasteiger partial charge on any atom is 0.244 e. The fraction of sp³-hybridized carbons (Fsp3) is 0.611. The van der Waals surface area contributed by atoms with Crippen LogP contribution in [0.2, 0.25) is 0 Å². The summed E-state index contributed by atoms with van der Waals surface area (Å²) < 4.78 is 10.7. The van der Waals surface area contributed by atoms with E-state index in [1.807, 2.05) is 36.2 Å². The van der Waals surface area contributed by atoms with E-state index in [-0.39, 0.29) is 11.9 Å². The number of rotatable bonds is 5. The van der Waals surface area contributed by atoms with E-state index in [2.05, 4.69) is 0 Å². The molecule has 0 aliphatic carbocycles. The van der Waals surface area contributed by atoms with Crippen molar-refractivity contribution in [3.05, 3.63) is 24.3 Å². The molecular formula is C18H26N2O4. The van der Waals surface area contributed by atoms with Gasteiger partial charge in [0.05, 0.1) is 24.4 Å². The van der Waals surface area contributed by atoms with Crippen molar-refractivity contribution in [3.63, 3.8) is 0 Å². The molecule has 2 heterocycles. The van der Waals surface area contributed by atoms with Crippen LogP contribution < -0.4 is 9.64 Å². The molecule has 0 aromatic heterocycles. The van der Waals surface area contributed by atoms with Crippen LogP contribution in [0.3, 0.4) is 0 Å². The zero-order chi connectivity index (χ0) is 17.2. The summed E-state index contributed by atoms with van der Waals surface area (Å²) in [6.07, 6.45) is 1.99. The fourth-order valence-electron chi connectivity index (χ4n) is 3.65. The Hall–Kier alpha value is -1.63. The lowest BCUT2D eigenvalue weighted by molar-refractivity contribution is -0.123. The molecule has 0 spiro atoms. The molecule has 3 rings (SSSR count). The Bertz CT molecular complexity index is 586. The number of benzene rings is 1. The third-order valence-electron chi connectivity index (χ3n) is 5.05. The summed E-state index contributed by atoms with van der Waals surface area (Å²) >= 11 is 0. The average molecular weight is 334 g/mol. The summed E-state index contributed by atoms with van der Waals surface area (Å²) in [5.74, 6) is 0.773. The Labute approximate surface area is 143 Å². The van der Waals surface area contributed by atoms with Gasteiger partial charge < -0.3 is 19.5 Å². The van der Waals surface area contributed by atoms with E-state index < -0.39 is 5.60 Å². The van der Waals surface area contributed by atoms with Gasteiger partial charge in [0.2, 0.25) is 5.91 Å². The lowest BCUT2D eigenvalue weighted by atomic mass is 9.93. The first-order valence-electron chi connectivity index (χ1n) is 8.49. The average Bonchev–Trinajstić information content (AvgIpc) is 2.96.